The predicted molar refractivity (Wildman–Crippen MR) is 103 cm³/mol. The molecule has 0 saturated carbocycles. The number of rotatable bonds is 4. The fraction of sp³-hybridized carbons (Fsp3) is 0.0476. The Bertz CT molecular complexity index is 1020. The van der Waals surface area contributed by atoms with Gasteiger partial charge in [0.05, 0.1) is 0 Å². The van der Waals surface area contributed by atoms with Gasteiger partial charge in [-0.15, -0.1) is 0 Å². The molecule has 0 aliphatic heterocycles. The second kappa shape index (κ2) is 6.87. The van der Waals surface area contributed by atoms with Gasteiger partial charge in [-0.25, -0.2) is 0 Å². The molecule has 122 valence electrons. The minimum Gasteiger partial charge on any atom is -0.348 e. The molecule has 0 atom stereocenters. The molecule has 0 aliphatic rings. The number of hydrogen-bond acceptors (Lipinski definition) is 3. The van der Waals surface area contributed by atoms with E-state index in [-0.39, 0.29) is 5.91 Å². The summed E-state index contributed by atoms with van der Waals surface area (Å²) >= 11 is 1.66. The standard InChI is InChI=1S/C21H16N2OS/c24-21(18-6-5-16-3-1-2-4-17(16)10-18)23-12-15-9-20(13-22-11-15)19-7-8-25-14-19/h1-11,13-14H,12H2,(H,23,24). The van der Waals surface area contributed by atoms with Crippen molar-refractivity contribution in [3.05, 3.63) is 88.9 Å². The Morgan fingerprint density at radius 2 is 1.84 bits per heavy atom. The van der Waals surface area contributed by atoms with Crippen molar-refractivity contribution >= 4 is 28.0 Å². The Balaban J connectivity index is 1.48. The molecule has 0 saturated heterocycles. The SMILES string of the molecule is O=C(NCc1cncc(-c2ccsc2)c1)c1ccc2ccccc2c1. The first-order valence-corrected chi connectivity index (χ1v) is 8.97. The third-order valence-corrected chi connectivity index (χ3v) is 4.80. The summed E-state index contributed by atoms with van der Waals surface area (Å²) in [6, 6.07) is 17.9. The fourth-order valence-electron chi connectivity index (χ4n) is 2.79. The summed E-state index contributed by atoms with van der Waals surface area (Å²) in [6.45, 7) is 0.455. The van der Waals surface area contributed by atoms with E-state index in [1.54, 1.807) is 17.5 Å². The van der Waals surface area contributed by atoms with Crippen molar-refractivity contribution in [2.45, 2.75) is 6.54 Å². The monoisotopic (exact) mass is 344 g/mol. The maximum Gasteiger partial charge on any atom is 0.251 e. The van der Waals surface area contributed by atoms with Gasteiger partial charge in [-0.1, -0.05) is 30.3 Å². The van der Waals surface area contributed by atoms with Crippen molar-refractivity contribution in [2.24, 2.45) is 0 Å². The van der Waals surface area contributed by atoms with Crippen molar-refractivity contribution in [1.29, 1.82) is 0 Å². The van der Waals surface area contributed by atoms with E-state index in [1.165, 1.54) is 0 Å². The lowest BCUT2D eigenvalue weighted by molar-refractivity contribution is 0.0951. The molecule has 2 heterocycles. The molecule has 0 unspecified atom stereocenters. The number of hydrogen-bond donors (Lipinski definition) is 1. The van der Waals surface area contributed by atoms with Crippen LogP contribution in [0.25, 0.3) is 21.9 Å². The normalized spacial score (nSPS) is 10.7. The van der Waals surface area contributed by atoms with Crippen molar-refractivity contribution in [2.75, 3.05) is 0 Å². The van der Waals surface area contributed by atoms with Gasteiger partial charge in [-0.2, -0.15) is 11.3 Å². The van der Waals surface area contributed by atoms with Crippen molar-refractivity contribution in [3.63, 3.8) is 0 Å². The third-order valence-electron chi connectivity index (χ3n) is 4.11. The first-order chi connectivity index (χ1) is 12.3. The summed E-state index contributed by atoms with van der Waals surface area (Å²) in [5, 5.41) is 9.31. The summed E-state index contributed by atoms with van der Waals surface area (Å²) in [7, 11) is 0. The van der Waals surface area contributed by atoms with E-state index in [0.717, 1.165) is 27.5 Å². The van der Waals surface area contributed by atoms with E-state index >= 15 is 0 Å². The first-order valence-electron chi connectivity index (χ1n) is 8.03. The molecule has 0 radical (unpaired) electrons. The molecule has 0 spiro atoms. The summed E-state index contributed by atoms with van der Waals surface area (Å²) < 4.78 is 0. The van der Waals surface area contributed by atoms with Gasteiger partial charge in [0.1, 0.15) is 0 Å². The highest BCUT2D eigenvalue weighted by Gasteiger charge is 2.07. The van der Waals surface area contributed by atoms with Crippen LogP contribution in [0.2, 0.25) is 0 Å². The Hall–Kier alpha value is -2.98. The Morgan fingerprint density at radius 3 is 2.68 bits per heavy atom. The lowest BCUT2D eigenvalue weighted by Crippen LogP contribution is -2.22. The van der Waals surface area contributed by atoms with E-state index in [1.807, 2.05) is 54.0 Å². The van der Waals surface area contributed by atoms with Crippen LogP contribution in [-0.2, 0) is 6.54 Å². The molecule has 2 aromatic heterocycles. The second-order valence-electron chi connectivity index (χ2n) is 5.84. The average Bonchev–Trinajstić information content (AvgIpc) is 3.21. The van der Waals surface area contributed by atoms with Gasteiger partial charge in [0.15, 0.2) is 0 Å². The first kappa shape index (κ1) is 15.5. The smallest absolute Gasteiger partial charge is 0.251 e. The van der Waals surface area contributed by atoms with Crippen LogP contribution < -0.4 is 5.32 Å². The molecule has 0 bridgehead atoms. The number of nitrogens with one attached hydrogen (secondary N) is 1. The zero-order chi connectivity index (χ0) is 17.1. The van der Waals surface area contributed by atoms with Gasteiger partial charge >= 0.3 is 0 Å². The molecule has 4 rings (SSSR count). The number of amides is 1. The molecule has 25 heavy (non-hydrogen) atoms. The molecular formula is C21H16N2OS. The van der Waals surface area contributed by atoms with E-state index in [4.69, 9.17) is 0 Å². The largest absolute Gasteiger partial charge is 0.348 e. The number of nitrogens with zero attached hydrogens (tertiary/aromatic N) is 1. The van der Waals surface area contributed by atoms with Gasteiger partial charge < -0.3 is 5.32 Å². The fourth-order valence-corrected chi connectivity index (χ4v) is 3.45. The second-order valence-corrected chi connectivity index (χ2v) is 6.62. The molecule has 0 fully saturated rings. The van der Waals surface area contributed by atoms with E-state index < -0.39 is 0 Å². The Morgan fingerprint density at radius 1 is 0.960 bits per heavy atom. The van der Waals surface area contributed by atoms with E-state index in [2.05, 4.69) is 27.8 Å². The number of pyridine rings is 1. The van der Waals surface area contributed by atoms with Crippen LogP contribution in [0, 0.1) is 0 Å². The van der Waals surface area contributed by atoms with Crippen LogP contribution in [0.3, 0.4) is 0 Å². The molecule has 3 nitrogen and oxygen atoms in total. The number of aromatic nitrogens is 1. The molecule has 1 amide bonds. The van der Waals surface area contributed by atoms with Crippen LogP contribution in [0.15, 0.2) is 77.8 Å². The highest BCUT2D eigenvalue weighted by Crippen LogP contribution is 2.22. The Labute approximate surface area is 150 Å². The summed E-state index contributed by atoms with van der Waals surface area (Å²) in [6.07, 6.45) is 3.63. The van der Waals surface area contributed by atoms with E-state index in [0.29, 0.717) is 12.1 Å². The minimum atomic E-state index is -0.0771. The number of fused-ring (bicyclic) bond motifs is 1. The van der Waals surface area contributed by atoms with Crippen molar-refractivity contribution in [1.82, 2.24) is 10.3 Å². The van der Waals surface area contributed by atoms with Crippen LogP contribution in [0.1, 0.15) is 15.9 Å². The average molecular weight is 344 g/mol. The zero-order valence-corrected chi connectivity index (χ0v) is 14.3. The predicted octanol–water partition coefficient (Wildman–Crippen LogP) is 4.89. The van der Waals surface area contributed by atoms with Crippen molar-refractivity contribution in [3.8, 4) is 11.1 Å². The number of benzene rings is 2. The van der Waals surface area contributed by atoms with Crippen LogP contribution in [-0.4, -0.2) is 10.9 Å². The molecular weight excluding hydrogens is 328 g/mol. The van der Waals surface area contributed by atoms with E-state index in [9.17, 15) is 4.79 Å². The van der Waals surface area contributed by atoms with Gasteiger partial charge in [-0.3, -0.25) is 9.78 Å². The van der Waals surface area contributed by atoms with Crippen molar-refractivity contribution < 1.29 is 4.79 Å². The summed E-state index contributed by atoms with van der Waals surface area (Å²) in [5.41, 5.74) is 3.87. The van der Waals surface area contributed by atoms with Gasteiger partial charge in [-0.05, 0) is 56.9 Å². The van der Waals surface area contributed by atoms with Crippen LogP contribution in [0.5, 0.6) is 0 Å². The van der Waals surface area contributed by atoms with Crippen LogP contribution in [0.4, 0.5) is 0 Å². The van der Waals surface area contributed by atoms with Gasteiger partial charge in [0.25, 0.3) is 5.91 Å². The number of carbonyl (C=O) groups excluding carboxylic acids is 1. The van der Waals surface area contributed by atoms with Crippen LogP contribution >= 0.6 is 11.3 Å². The molecule has 2 aromatic carbocycles. The molecule has 1 N–H and O–H groups in total. The minimum absolute atomic E-state index is 0.0771. The zero-order valence-electron chi connectivity index (χ0n) is 13.5. The molecule has 4 heteroatoms. The highest BCUT2D eigenvalue weighted by molar-refractivity contribution is 7.08. The molecule has 0 aliphatic carbocycles. The highest BCUT2D eigenvalue weighted by atomic mass is 32.1. The van der Waals surface area contributed by atoms with Gasteiger partial charge in [0.2, 0.25) is 0 Å². The van der Waals surface area contributed by atoms with Gasteiger partial charge in [0, 0.05) is 30.1 Å². The quantitative estimate of drug-likeness (QED) is 0.572. The summed E-state index contributed by atoms with van der Waals surface area (Å²) in [4.78, 5) is 16.7. The lowest BCUT2D eigenvalue weighted by atomic mass is 10.1. The maximum atomic E-state index is 12.4. The number of carbonyl (C=O) groups is 1. The Kier molecular flexibility index (Phi) is 4.27. The molecule has 4 aromatic rings. The maximum absolute atomic E-state index is 12.4. The number of thiophene rings is 1. The summed E-state index contributed by atoms with van der Waals surface area (Å²) in [5.74, 6) is -0.0771. The lowest BCUT2D eigenvalue weighted by Gasteiger charge is -2.07. The topological polar surface area (TPSA) is 42.0 Å². The third kappa shape index (κ3) is 3.44.